The Balaban J connectivity index is 6.29. The van der Waals surface area contributed by atoms with Gasteiger partial charge in [-0.05, 0) is 0 Å². The van der Waals surface area contributed by atoms with Crippen molar-refractivity contribution in [1.29, 1.82) is 0 Å². The highest BCUT2D eigenvalue weighted by Crippen LogP contribution is 2.56. The van der Waals surface area contributed by atoms with E-state index in [2.05, 4.69) is 0 Å². The number of nitrogens with zero attached hydrogens (tertiary/aromatic N) is 1. The van der Waals surface area contributed by atoms with Crippen LogP contribution in [0.1, 0.15) is 0 Å². The monoisotopic (exact) mass is 357 g/mol. The van der Waals surface area contributed by atoms with Crippen LogP contribution in [0.2, 0.25) is 0 Å². The van der Waals surface area contributed by atoms with Gasteiger partial charge in [-0.1, -0.05) is 0 Å². The molecule has 0 saturated heterocycles. The molecule has 0 aliphatic carbocycles. The SMILES string of the molecule is CN(CCO)S(=O)(=O)C(F)(F)C(F)(C(F)(F)F)C(F)(F)F. The molecule has 0 radical (unpaired) electrons. The molecule has 0 unspecified atom stereocenters. The molecule has 0 aliphatic rings. The zero-order chi connectivity index (χ0) is 17.5. The summed E-state index contributed by atoms with van der Waals surface area (Å²) in [5.41, 5.74) is -7.31. The molecule has 0 aromatic heterocycles. The predicted molar refractivity (Wildman–Crippen MR) is 49.5 cm³/mol. The fourth-order valence-electron chi connectivity index (χ4n) is 1.13. The first-order valence-electron chi connectivity index (χ1n) is 4.75. The summed E-state index contributed by atoms with van der Waals surface area (Å²) in [5, 5.41) is 1.41. The molecule has 14 heteroatoms. The average molecular weight is 357 g/mol. The first-order chi connectivity index (χ1) is 8.98. The van der Waals surface area contributed by atoms with Gasteiger partial charge in [0.2, 0.25) is 0 Å². The Morgan fingerprint density at radius 3 is 1.48 bits per heavy atom. The number of alkyl halides is 9. The Labute approximate surface area is 112 Å². The lowest BCUT2D eigenvalue weighted by molar-refractivity contribution is -0.379. The van der Waals surface area contributed by atoms with E-state index in [9.17, 15) is 47.9 Å². The molecule has 21 heavy (non-hydrogen) atoms. The van der Waals surface area contributed by atoms with Crippen LogP contribution >= 0.6 is 0 Å². The second kappa shape index (κ2) is 5.46. The minimum absolute atomic E-state index is 0.159. The summed E-state index contributed by atoms with van der Waals surface area (Å²) >= 11 is 0. The van der Waals surface area contributed by atoms with E-state index in [1.54, 1.807) is 0 Å². The van der Waals surface area contributed by atoms with Gasteiger partial charge in [0.25, 0.3) is 10.0 Å². The molecule has 0 saturated carbocycles. The first kappa shape index (κ1) is 20.2. The second-order valence-electron chi connectivity index (χ2n) is 3.72. The van der Waals surface area contributed by atoms with Crippen LogP contribution in [0.3, 0.4) is 0 Å². The average Bonchev–Trinajstić information content (AvgIpc) is 2.24. The van der Waals surface area contributed by atoms with Crippen molar-refractivity contribution in [3.05, 3.63) is 0 Å². The van der Waals surface area contributed by atoms with Crippen LogP contribution in [0, 0.1) is 0 Å². The van der Waals surface area contributed by atoms with Crippen molar-refractivity contribution in [2.45, 2.75) is 23.3 Å². The maximum Gasteiger partial charge on any atom is 0.439 e. The molecule has 0 rings (SSSR count). The number of hydrogen-bond acceptors (Lipinski definition) is 3. The molecule has 0 atom stereocenters. The third-order valence-corrected chi connectivity index (χ3v) is 4.26. The van der Waals surface area contributed by atoms with Crippen molar-refractivity contribution in [3.63, 3.8) is 0 Å². The fourth-order valence-corrected chi connectivity index (χ4v) is 2.43. The topological polar surface area (TPSA) is 57.6 Å². The quantitative estimate of drug-likeness (QED) is 0.762. The van der Waals surface area contributed by atoms with Gasteiger partial charge >= 0.3 is 23.3 Å². The van der Waals surface area contributed by atoms with Crippen LogP contribution in [0.4, 0.5) is 39.5 Å². The Kier molecular flexibility index (Phi) is 5.26. The zero-order valence-corrected chi connectivity index (χ0v) is 10.8. The highest BCUT2D eigenvalue weighted by atomic mass is 32.2. The lowest BCUT2D eigenvalue weighted by atomic mass is 10.1. The van der Waals surface area contributed by atoms with Gasteiger partial charge in [-0.15, -0.1) is 0 Å². The molecule has 0 spiro atoms. The summed E-state index contributed by atoms with van der Waals surface area (Å²) in [6, 6.07) is 0. The minimum atomic E-state index is -7.31. The summed E-state index contributed by atoms with van der Waals surface area (Å²) < 4.78 is 134. The molecule has 0 fully saturated rings. The van der Waals surface area contributed by atoms with E-state index in [0.717, 1.165) is 0 Å². The molecule has 128 valence electrons. The molecular formula is C7H8F9NO3S. The fraction of sp³-hybridized carbons (Fsp3) is 1.00. The summed E-state index contributed by atoms with van der Waals surface area (Å²) in [6.45, 7) is -2.45. The van der Waals surface area contributed by atoms with E-state index in [4.69, 9.17) is 5.11 Å². The maximum atomic E-state index is 13.3. The van der Waals surface area contributed by atoms with Crippen molar-refractivity contribution in [3.8, 4) is 0 Å². The van der Waals surface area contributed by atoms with Crippen molar-refractivity contribution in [1.82, 2.24) is 4.31 Å². The summed E-state index contributed by atoms with van der Waals surface area (Å²) in [5.74, 6) is 0. The van der Waals surface area contributed by atoms with Crippen molar-refractivity contribution < 1.29 is 53.0 Å². The van der Waals surface area contributed by atoms with Crippen LogP contribution < -0.4 is 0 Å². The van der Waals surface area contributed by atoms with Gasteiger partial charge in [-0.2, -0.15) is 39.4 Å². The molecule has 0 aliphatic heterocycles. The number of halogens is 9. The van der Waals surface area contributed by atoms with E-state index >= 15 is 0 Å². The zero-order valence-electron chi connectivity index (χ0n) is 9.94. The lowest BCUT2D eigenvalue weighted by Crippen LogP contribution is -2.68. The van der Waals surface area contributed by atoms with Gasteiger partial charge in [-0.25, -0.2) is 12.8 Å². The van der Waals surface area contributed by atoms with E-state index in [1.165, 1.54) is 0 Å². The summed E-state index contributed by atoms with van der Waals surface area (Å²) in [7, 11) is -6.54. The van der Waals surface area contributed by atoms with Gasteiger partial charge in [0.15, 0.2) is 0 Å². The smallest absolute Gasteiger partial charge is 0.395 e. The first-order valence-corrected chi connectivity index (χ1v) is 6.19. The Morgan fingerprint density at radius 1 is 0.905 bits per heavy atom. The molecular weight excluding hydrogens is 349 g/mol. The number of aliphatic hydroxyl groups excluding tert-OH is 1. The lowest BCUT2D eigenvalue weighted by Gasteiger charge is -2.36. The van der Waals surface area contributed by atoms with E-state index in [0.29, 0.717) is 0 Å². The second-order valence-corrected chi connectivity index (χ2v) is 5.81. The van der Waals surface area contributed by atoms with Crippen LogP contribution in [0.15, 0.2) is 0 Å². The predicted octanol–water partition coefficient (Wildman–Crippen LogP) is 1.67. The number of sulfonamides is 1. The number of hydrogen-bond donors (Lipinski definition) is 1. The Hall–Kier alpha value is -0.760. The van der Waals surface area contributed by atoms with Gasteiger partial charge < -0.3 is 5.11 Å². The Bertz CT molecular complexity index is 455. The highest BCUT2D eigenvalue weighted by Gasteiger charge is 2.88. The van der Waals surface area contributed by atoms with Crippen LogP contribution in [-0.2, 0) is 10.0 Å². The largest absolute Gasteiger partial charge is 0.439 e. The summed E-state index contributed by atoms with van der Waals surface area (Å²) in [6.07, 6.45) is -14.5. The summed E-state index contributed by atoms with van der Waals surface area (Å²) in [4.78, 5) is 0. The number of likely N-dealkylation sites (N-methyl/N-ethyl adjacent to an activating group) is 1. The minimum Gasteiger partial charge on any atom is -0.395 e. The van der Waals surface area contributed by atoms with Crippen molar-refractivity contribution in [2.75, 3.05) is 20.2 Å². The maximum absolute atomic E-state index is 13.3. The third kappa shape index (κ3) is 2.92. The van der Waals surface area contributed by atoms with Gasteiger partial charge in [-0.3, -0.25) is 0 Å². The van der Waals surface area contributed by atoms with Gasteiger partial charge in [0, 0.05) is 13.6 Å². The Morgan fingerprint density at radius 2 is 1.24 bits per heavy atom. The normalized spacial score (nSPS) is 15.6. The molecule has 0 aromatic rings. The van der Waals surface area contributed by atoms with Crippen molar-refractivity contribution in [2.24, 2.45) is 0 Å². The number of rotatable bonds is 5. The molecule has 1 N–H and O–H groups in total. The molecule has 0 bridgehead atoms. The molecule has 4 nitrogen and oxygen atoms in total. The van der Waals surface area contributed by atoms with E-state index < -0.39 is 50.8 Å². The standard InChI is InChI=1S/C7H8F9NO3S/c1-17(2-3-18)21(19,20)7(15,16)4(8,5(9,10)11)6(12,13)14/h18H,2-3H2,1H3. The third-order valence-electron chi connectivity index (χ3n) is 2.33. The highest BCUT2D eigenvalue weighted by molar-refractivity contribution is 7.90. The van der Waals surface area contributed by atoms with Gasteiger partial charge in [0.1, 0.15) is 0 Å². The van der Waals surface area contributed by atoms with Crippen molar-refractivity contribution >= 4 is 10.0 Å². The molecule has 0 aromatic carbocycles. The van der Waals surface area contributed by atoms with E-state index in [1.807, 2.05) is 0 Å². The van der Waals surface area contributed by atoms with Crippen LogP contribution in [-0.4, -0.2) is 61.3 Å². The van der Waals surface area contributed by atoms with Gasteiger partial charge in [0.05, 0.1) is 6.61 Å². The number of aliphatic hydroxyl groups is 1. The molecule has 0 amide bonds. The van der Waals surface area contributed by atoms with E-state index in [-0.39, 0.29) is 7.05 Å². The van der Waals surface area contributed by atoms with Crippen LogP contribution in [0.5, 0.6) is 0 Å². The molecule has 0 heterocycles. The van der Waals surface area contributed by atoms with Crippen LogP contribution in [0.25, 0.3) is 0 Å².